The lowest BCUT2D eigenvalue weighted by Crippen LogP contribution is -2.40. The van der Waals surface area contributed by atoms with E-state index in [0.717, 1.165) is 30.7 Å². The number of likely N-dealkylation sites (tertiary alicyclic amines) is 1. The normalized spacial score (nSPS) is 19.6. The van der Waals surface area contributed by atoms with E-state index in [-0.39, 0.29) is 11.8 Å². The van der Waals surface area contributed by atoms with E-state index < -0.39 is 0 Å². The van der Waals surface area contributed by atoms with Gasteiger partial charge in [0, 0.05) is 37.7 Å². The molecule has 3 N–H and O–H groups in total. The van der Waals surface area contributed by atoms with Crippen LogP contribution in [0.2, 0.25) is 0 Å². The summed E-state index contributed by atoms with van der Waals surface area (Å²) in [6.07, 6.45) is 3.09. The number of benzene rings is 2. The number of carbonyl (C=O) groups is 1. The van der Waals surface area contributed by atoms with E-state index in [1.807, 2.05) is 18.2 Å². The Kier molecular flexibility index (Phi) is 8.00. The zero-order valence-electron chi connectivity index (χ0n) is 19.9. The average Bonchev–Trinajstić information content (AvgIpc) is 2.82. The lowest BCUT2D eigenvalue weighted by molar-refractivity contribution is -0.116. The van der Waals surface area contributed by atoms with Crippen LogP contribution in [-0.4, -0.2) is 42.9 Å². The van der Waals surface area contributed by atoms with Crippen LogP contribution in [0.4, 0.5) is 5.69 Å². The van der Waals surface area contributed by atoms with E-state index in [2.05, 4.69) is 65.0 Å². The van der Waals surface area contributed by atoms with Gasteiger partial charge in [-0.05, 0) is 61.5 Å². The topological polar surface area (TPSA) is 68.8 Å². The SMILES string of the molecule is CCNC(=NCc1cccc(CN2CCC(C)CC2)c1)NCC1CC(=O)Nc2ccccc21. The van der Waals surface area contributed by atoms with E-state index in [9.17, 15) is 4.79 Å². The summed E-state index contributed by atoms with van der Waals surface area (Å²) < 4.78 is 0. The van der Waals surface area contributed by atoms with Gasteiger partial charge in [-0.15, -0.1) is 0 Å². The van der Waals surface area contributed by atoms with E-state index in [0.29, 0.717) is 19.5 Å². The molecule has 0 bridgehead atoms. The minimum atomic E-state index is 0.0717. The summed E-state index contributed by atoms with van der Waals surface area (Å²) in [6.45, 7) is 9.92. The van der Waals surface area contributed by atoms with Crippen molar-refractivity contribution in [1.29, 1.82) is 0 Å². The van der Waals surface area contributed by atoms with Crippen molar-refractivity contribution in [1.82, 2.24) is 15.5 Å². The van der Waals surface area contributed by atoms with Crippen LogP contribution in [0.5, 0.6) is 0 Å². The van der Waals surface area contributed by atoms with Gasteiger partial charge in [0.25, 0.3) is 0 Å². The molecule has 33 heavy (non-hydrogen) atoms. The predicted molar refractivity (Wildman–Crippen MR) is 135 cm³/mol. The van der Waals surface area contributed by atoms with Gasteiger partial charge in [0.2, 0.25) is 5.91 Å². The molecule has 0 saturated carbocycles. The first-order valence-electron chi connectivity index (χ1n) is 12.3. The zero-order chi connectivity index (χ0) is 23.0. The van der Waals surface area contributed by atoms with Gasteiger partial charge in [0.05, 0.1) is 6.54 Å². The largest absolute Gasteiger partial charge is 0.357 e. The maximum atomic E-state index is 12.1. The van der Waals surface area contributed by atoms with Crippen LogP contribution in [0.15, 0.2) is 53.5 Å². The number of fused-ring (bicyclic) bond motifs is 1. The summed E-state index contributed by atoms with van der Waals surface area (Å²) in [4.78, 5) is 19.5. The van der Waals surface area contributed by atoms with Crippen molar-refractivity contribution in [3.63, 3.8) is 0 Å². The Balaban J connectivity index is 1.36. The highest BCUT2D eigenvalue weighted by atomic mass is 16.1. The molecule has 2 aliphatic rings. The molecule has 1 atom stereocenters. The van der Waals surface area contributed by atoms with E-state index >= 15 is 0 Å². The van der Waals surface area contributed by atoms with Crippen LogP contribution in [0, 0.1) is 5.92 Å². The summed E-state index contributed by atoms with van der Waals surface area (Å²) in [7, 11) is 0. The maximum absolute atomic E-state index is 12.1. The summed E-state index contributed by atoms with van der Waals surface area (Å²) >= 11 is 0. The van der Waals surface area contributed by atoms with Gasteiger partial charge in [-0.25, -0.2) is 4.99 Å². The molecule has 1 saturated heterocycles. The molecule has 1 amide bonds. The van der Waals surface area contributed by atoms with Crippen molar-refractivity contribution in [2.75, 3.05) is 31.5 Å². The molecule has 176 valence electrons. The molecule has 2 aromatic rings. The van der Waals surface area contributed by atoms with Gasteiger partial charge in [-0.1, -0.05) is 49.4 Å². The zero-order valence-corrected chi connectivity index (χ0v) is 19.9. The lowest BCUT2D eigenvalue weighted by Gasteiger charge is -2.30. The standard InChI is InChI=1S/C27H37N5O/c1-3-28-27(30-18-23-16-26(33)31-25-10-5-4-9-24(23)25)29-17-21-7-6-8-22(15-21)19-32-13-11-20(2)12-14-32/h4-10,15,20,23H,3,11-14,16-19H2,1-2H3,(H,31,33)(H2,28,29,30). The molecular formula is C27H37N5O. The Labute approximate surface area is 197 Å². The van der Waals surface area contributed by atoms with Crippen molar-refractivity contribution >= 4 is 17.6 Å². The minimum absolute atomic E-state index is 0.0717. The van der Waals surface area contributed by atoms with E-state index in [4.69, 9.17) is 4.99 Å². The van der Waals surface area contributed by atoms with Gasteiger partial charge in [0.15, 0.2) is 5.96 Å². The average molecular weight is 448 g/mol. The number of aliphatic imine (C=N–C) groups is 1. The molecule has 4 rings (SSSR count). The van der Waals surface area contributed by atoms with Gasteiger partial charge in [-0.3, -0.25) is 9.69 Å². The van der Waals surface area contributed by atoms with Gasteiger partial charge >= 0.3 is 0 Å². The number of anilines is 1. The van der Waals surface area contributed by atoms with Gasteiger partial charge in [-0.2, -0.15) is 0 Å². The lowest BCUT2D eigenvalue weighted by atomic mass is 9.90. The monoisotopic (exact) mass is 447 g/mol. The quantitative estimate of drug-likeness (QED) is 0.442. The van der Waals surface area contributed by atoms with Crippen LogP contribution in [-0.2, 0) is 17.9 Å². The second-order valence-electron chi connectivity index (χ2n) is 9.39. The fourth-order valence-corrected chi connectivity index (χ4v) is 4.72. The highest BCUT2D eigenvalue weighted by Crippen LogP contribution is 2.31. The number of guanidine groups is 1. The van der Waals surface area contributed by atoms with E-state index in [1.165, 1.54) is 42.6 Å². The number of amides is 1. The second-order valence-corrected chi connectivity index (χ2v) is 9.39. The summed E-state index contributed by atoms with van der Waals surface area (Å²) in [5, 5.41) is 9.77. The number of piperidine rings is 1. The predicted octanol–water partition coefficient (Wildman–Crippen LogP) is 4.10. The van der Waals surface area contributed by atoms with Crippen molar-refractivity contribution < 1.29 is 4.79 Å². The van der Waals surface area contributed by atoms with Crippen molar-refractivity contribution in [2.24, 2.45) is 10.9 Å². The molecule has 0 radical (unpaired) electrons. The maximum Gasteiger partial charge on any atom is 0.225 e. The fourth-order valence-electron chi connectivity index (χ4n) is 4.72. The molecule has 2 aromatic carbocycles. The third-order valence-electron chi connectivity index (χ3n) is 6.66. The van der Waals surface area contributed by atoms with Crippen LogP contribution < -0.4 is 16.0 Å². The number of nitrogens with one attached hydrogen (secondary N) is 3. The highest BCUT2D eigenvalue weighted by molar-refractivity contribution is 5.94. The molecule has 0 aromatic heterocycles. The molecule has 1 fully saturated rings. The summed E-state index contributed by atoms with van der Waals surface area (Å²) in [6, 6.07) is 16.9. The number of hydrogen-bond donors (Lipinski definition) is 3. The van der Waals surface area contributed by atoms with Crippen LogP contribution in [0.3, 0.4) is 0 Å². The van der Waals surface area contributed by atoms with Crippen LogP contribution in [0.1, 0.15) is 55.7 Å². The van der Waals surface area contributed by atoms with Crippen LogP contribution >= 0.6 is 0 Å². The molecule has 2 aliphatic heterocycles. The van der Waals surface area contributed by atoms with Crippen molar-refractivity contribution in [3.8, 4) is 0 Å². The molecule has 2 heterocycles. The fraction of sp³-hybridized carbons (Fsp3) is 0.481. The van der Waals surface area contributed by atoms with Crippen molar-refractivity contribution in [3.05, 3.63) is 65.2 Å². The molecule has 6 heteroatoms. The Morgan fingerprint density at radius 1 is 1.09 bits per heavy atom. The first kappa shape index (κ1) is 23.3. The van der Waals surface area contributed by atoms with Gasteiger partial charge < -0.3 is 16.0 Å². The first-order chi connectivity index (χ1) is 16.1. The molecule has 6 nitrogen and oxygen atoms in total. The number of rotatable bonds is 7. The molecular weight excluding hydrogens is 410 g/mol. The number of hydrogen-bond acceptors (Lipinski definition) is 3. The van der Waals surface area contributed by atoms with Crippen LogP contribution in [0.25, 0.3) is 0 Å². The Morgan fingerprint density at radius 2 is 1.88 bits per heavy atom. The third kappa shape index (κ3) is 6.57. The van der Waals surface area contributed by atoms with Crippen molar-refractivity contribution in [2.45, 2.75) is 52.1 Å². The molecule has 0 spiro atoms. The molecule has 1 unspecified atom stereocenters. The number of nitrogens with zero attached hydrogens (tertiary/aromatic N) is 2. The number of carbonyl (C=O) groups excluding carboxylic acids is 1. The smallest absolute Gasteiger partial charge is 0.225 e. The minimum Gasteiger partial charge on any atom is -0.357 e. The van der Waals surface area contributed by atoms with Gasteiger partial charge in [0.1, 0.15) is 0 Å². The first-order valence-corrected chi connectivity index (χ1v) is 12.3. The Hall–Kier alpha value is -2.86. The Bertz CT molecular complexity index is 964. The third-order valence-corrected chi connectivity index (χ3v) is 6.66. The summed E-state index contributed by atoms with van der Waals surface area (Å²) in [5.74, 6) is 1.85. The second kappa shape index (κ2) is 11.3. The number of para-hydroxylation sites is 1. The summed E-state index contributed by atoms with van der Waals surface area (Å²) in [5.41, 5.74) is 4.68. The molecule has 0 aliphatic carbocycles. The Morgan fingerprint density at radius 3 is 2.70 bits per heavy atom. The highest BCUT2D eigenvalue weighted by Gasteiger charge is 2.24. The van der Waals surface area contributed by atoms with E-state index in [1.54, 1.807) is 0 Å².